The molecule has 0 radical (unpaired) electrons. The van der Waals surface area contributed by atoms with Gasteiger partial charge in [0, 0.05) is 0 Å². The Kier molecular flexibility index (Phi) is 2.59. The van der Waals surface area contributed by atoms with Crippen LogP contribution in [0.2, 0.25) is 0 Å². The monoisotopic (exact) mass is 246 g/mol. The molecule has 0 atom stereocenters. The average molecular weight is 246 g/mol. The fraction of sp³-hybridized carbons (Fsp3) is 0.300. The highest BCUT2D eigenvalue weighted by Gasteiger charge is 2.65. The normalized spacial score (nSPS) is 17.8. The zero-order valence-corrected chi connectivity index (χ0v) is 8.51. The Balaban J connectivity index is 2.22. The van der Waals surface area contributed by atoms with E-state index in [4.69, 9.17) is 5.11 Å². The van der Waals surface area contributed by atoms with E-state index in [1.54, 1.807) is 0 Å². The van der Waals surface area contributed by atoms with Crippen LogP contribution in [0.25, 0.3) is 0 Å². The predicted molar refractivity (Wildman–Crippen MR) is 51.8 cm³/mol. The molecule has 0 spiro atoms. The number of hydrazine groups is 1. The number of carboxylic acids is 1. The molecule has 2 rings (SSSR count). The second kappa shape index (κ2) is 3.71. The lowest BCUT2D eigenvalue weighted by molar-refractivity contribution is -0.165. The van der Waals surface area contributed by atoms with Crippen molar-refractivity contribution in [3.63, 3.8) is 0 Å². The van der Waals surface area contributed by atoms with Gasteiger partial charge in [0.15, 0.2) is 0 Å². The van der Waals surface area contributed by atoms with Crippen LogP contribution in [-0.2, 0) is 16.9 Å². The summed E-state index contributed by atoms with van der Waals surface area (Å²) < 4.78 is 38.0. The second-order valence-electron chi connectivity index (χ2n) is 3.77. The van der Waals surface area contributed by atoms with Gasteiger partial charge in [0.1, 0.15) is 0 Å². The molecule has 3 N–H and O–H groups in total. The highest BCUT2D eigenvalue weighted by Crippen LogP contribution is 2.41. The van der Waals surface area contributed by atoms with Gasteiger partial charge >= 0.3 is 12.1 Å². The number of aliphatic carboxylic acids is 1. The van der Waals surface area contributed by atoms with E-state index in [1.165, 1.54) is 24.3 Å². The van der Waals surface area contributed by atoms with Crippen molar-refractivity contribution in [1.29, 1.82) is 0 Å². The molecule has 0 aromatic heterocycles. The number of nitrogens with one attached hydrogen (secondary N) is 2. The molecule has 7 heteroatoms. The fourth-order valence-electron chi connectivity index (χ4n) is 1.56. The van der Waals surface area contributed by atoms with E-state index in [0.717, 1.165) is 0 Å². The van der Waals surface area contributed by atoms with Crippen LogP contribution in [0.4, 0.5) is 13.2 Å². The van der Waals surface area contributed by atoms with Crippen LogP contribution < -0.4 is 10.9 Å². The van der Waals surface area contributed by atoms with E-state index < -0.39 is 17.8 Å². The topological polar surface area (TPSA) is 81.2 Å². The van der Waals surface area contributed by atoms with E-state index in [-0.39, 0.29) is 12.0 Å². The number of hydrogen-bond acceptors (Lipinski definition) is 3. The molecule has 0 aliphatic carbocycles. The van der Waals surface area contributed by atoms with Gasteiger partial charge in [-0.1, -0.05) is 24.3 Å². The van der Waals surface area contributed by atoms with E-state index >= 15 is 0 Å². The Morgan fingerprint density at radius 2 is 1.76 bits per heavy atom. The Bertz CT molecular complexity index is 438. The van der Waals surface area contributed by atoms with Crippen LogP contribution in [-0.4, -0.2) is 17.3 Å². The average Bonchev–Trinajstić information content (AvgIpc) is 2.97. The van der Waals surface area contributed by atoms with Gasteiger partial charge in [0.25, 0.3) is 0 Å². The molecule has 92 valence electrons. The SMILES string of the molecule is O=C(O)Cc1ccc(C2(C(F)(F)F)NN2)cc1. The third-order valence-corrected chi connectivity index (χ3v) is 2.54. The Morgan fingerprint density at radius 1 is 1.24 bits per heavy atom. The Hall–Kier alpha value is -1.60. The van der Waals surface area contributed by atoms with Crippen LogP contribution in [0.5, 0.6) is 0 Å². The Labute approximate surface area is 94.4 Å². The molecule has 4 nitrogen and oxygen atoms in total. The lowest BCUT2D eigenvalue weighted by atomic mass is 10.0. The highest BCUT2D eigenvalue weighted by molar-refractivity contribution is 5.70. The summed E-state index contributed by atoms with van der Waals surface area (Å²) in [6.07, 6.45) is -4.65. The maximum absolute atomic E-state index is 12.7. The van der Waals surface area contributed by atoms with Crippen molar-refractivity contribution >= 4 is 5.97 Å². The maximum atomic E-state index is 12.7. The van der Waals surface area contributed by atoms with Crippen molar-refractivity contribution in [1.82, 2.24) is 10.9 Å². The maximum Gasteiger partial charge on any atom is 0.426 e. The quantitative estimate of drug-likeness (QED) is 0.698. The summed E-state index contributed by atoms with van der Waals surface area (Å²) >= 11 is 0. The van der Waals surface area contributed by atoms with Gasteiger partial charge in [-0.15, -0.1) is 0 Å². The van der Waals surface area contributed by atoms with Crippen molar-refractivity contribution in [3.05, 3.63) is 35.4 Å². The summed E-state index contributed by atoms with van der Waals surface area (Å²) in [5.74, 6) is -1.02. The molecule has 1 heterocycles. The first kappa shape index (κ1) is 11.9. The summed E-state index contributed by atoms with van der Waals surface area (Å²) in [5.41, 5.74) is 2.43. The van der Waals surface area contributed by atoms with Crippen LogP contribution in [0, 0.1) is 0 Å². The van der Waals surface area contributed by atoms with E-state index in [9.17, 15) is 18.0 Å². The molecule has 0 amide bonds. The summed E-state index contributed by atoms with van der Waals surface area (Å²) in [7, 11) is 0. The fourth-order valence-corrected chi connectivity index (χ4v) is 1.56. The van der Waals surface area contributed by atoms with Crippen LogP contribution >= 0.6 is 0 Å². The highest BCUT2D eigenvalue weighted by atomic mass is 19.4. The summed E-state index contributed by atoms with van der Waals surface area (Å²) in [4.78, 5) is 10.4. The minimum Gasteiger partial charge on any atom is -0.481 e. The number of rotatable bonds is 3. The third-order valence-electron chi connectivity index (χ3n) is 2.54. The van der Waals surface area contributed by atoms with Crippen molar-refractivity contribution in [2.24, 2.45) is 0 Å². The number of halogens is 3. The molecular weight excluding hydrogens is 237 g/mol. The predicted octanol–water partition coefficient (Wildman–Crippen LogP) is 1.14. The second-order valence-corrected chi connectivity index (χ2v) is 3.77. The summed E-state index contributed by atoms with van der Waals surface area (Å²) in [5, 5.41) is 8.53. The standard InChI is InChI=1S/C10H9F3N2O2/c11-10(12,13)9(14-15-9)7-3-1-6(2-4-7)5-8(16)17/h1-4,14-15H,5H2,(H,16,17). The van der Waals surface area contributed by atoms with Gasteiger partial charge in [-0.05, 0) is 11.1 Å². The van der Waals surface area contributed by atoms with Crippen molar-refractivity contribution < 1.29 is 23.1 Å². The van der Waals surface area contributed by atoms with Crippen LogP contribution in [0.3, 0.4) is 0 Å². The van der Waals surface area contributed by atoms with Gasteiger partial charge in [0.05, 0.1) is 6.42 Å². The van der Waals surface area contributed by atoms with E-state index in [2.05, 4.69) is 10.9 Å². The molecule has 1 aromatic rings. The molecule has 17 heavy (non-hydrogen) atoms. The molecule has 1 aliphatic heterocycles. The van der Waals surface area contributed by atoms with Crippen molar-refractivity contribution in [3.8, 4) is 0 Å². The molecule has 1 aliphatic rings. The van der Waals surface area contributed by atoms with Gasteiger partial charge < -0.3 is 5.11 Å². The van der Waals surface area contributed by atoms with Crippen molar-refractivity contribution in [2.45, 2.75) is 18.3 Å². The number of hydrogen-bond donors (Lipinski definition) is 3. The minimum absolute atomic E-state index is 0.0131. The summed E-state index contributed by atoms with van der Waals surface area (Å²) in [6.45, 7) is 0. The number of carbonyl (C=O) groups is 1. The molecule has 1 fully saturated rings. The number of benzene rings is 1. The number of alkyl halides is 3. The number of carboxylic acid groups (broad SMARTS) is 1. The van der Waals surface area contributed by atoms with Crippen LogP contribution in [0.1, 0.15) is 11.1 Å². The third kappa shape index (κ3) is 2.11. The zero-order chi connectivity index (χ0) is 12.7. The lowest BCUT2D eigenvalue weighted by Gasteiger charge is -2.16. The first-order valence-electron chi connectivity index (χ1n) is 4.77. The lowest BCUT2D eigenvalue weighted by Crippen LogP contribution is -2.34. The smallest absolute Gasteiger partial charge is 0.426 e. The largest absolute Gasteiger partial charge is 0.481 e. The van der Waals surface area contributed by atoms with Gasteiger partial charge in [-0.25, -0.2) is 10.9 Å². The first-order valence-corrected chi connectivity index (χ1v) is 4.77. The first-order chi connectivity index (χ1) is 7.85. The summed E-state index contributed by atoms with van der Waals surface area (Å²) in [6, 6.07) is 5.27. The van der Waals surface area contributed by atoms with E-state index in [0.29, 0.717) is 5.56 Å². The molecule has 0 unspecified atom stereocenters. The van der Waals surface area contributed by atoms with Crippen LogP contribution in [0.15, 0.2) is 24.3 Å². The molecule has 1 aromatic carbocycles. The van der Waals surface area contributed by atoms with Gasteiger partial charge in [-0.3, -0.25) is 4.79 Å². The Morgan fingerprint density at radius 3 is 2.12 bits per heavy atom. The molecular formula is C10H9F3N2O2. The molecule has 1 saturated heterocycles. The van der Waals surface area contributed by atoms with Crippen molar-refractivity contribution in [2.75, 3.05) is 0 Å². The van der Waals surface area contributed by atoms with Gasteiger partial charge in [-0.2, -0.15) is 13.2 Å². The molecule has 0 bridgehead atoms. The zero-order valence-electron chi connectivity index (χ0n) is 8.51. The van der Waals surface area contributed by atoms with E-state index in [1.807, 2.05) is 0 Å². The minimum atomic E-state index is -4.44. The molecule has 0 saturated carbocycles. The van der Waals surface area contributed by atoms with Gasteiger partial charge in [0.2, 0.25) is 5.66 Å².